The van der Waals surface area contributed by atoms with Crippen LogP contribution in [0.5, 0.6) is 17.2 Å². The number of hydrogen-bond donors (Lipinski definition) is 2. The molecule has 10 heteroatoms. The molecule has 1 amide bonds. The Labute approximate surface area is 204 Å². The molecule has 3 aromatic rings. The Morgan fingerprint density at radius 2 is 1.77 bits per heavy atom. The molecule has 0 bridgehead atoms. The number of nitrogens with zero attached hydrogens (tertiary/aromatic N) is 2. The van der Waals surface area contributed by atoms with Crippen molar-refractivity contribution in [3.8, 4) is 17.2 Å². The number of methoxy groups -OCH3 is 1. The minimum absolute atomic E-state index is 0.0131. The van der Waals surface area contributed by atoms with Gasteiger partial charge in [-0.15, -0.1) is 0 Å². The maximum atomic E-state index is 13.5. The summed E-state index contributed by atoms with van der Waals surface area (Å²) in [7, 11) is -2.66. The first-order valence-corrected chi connectivity index (χ1v) is 12.2. The van der Waals surface area contributed by atoms with E-state index in [0.29, 0.717) is 23.6 Å². The number of benzene rings is 3. The van der Waals surface area contributed by atoms with Crippen LogP contribution in [0.25, 0.3) is 0 Å². The minimum atomic E-state index is -4.08. The number of carbonyl (C=O) groups is 1. The normalized spacial score (nSPS) is 11.3. The van der Waals surface area contributed by atoms with E-state index in [1.54, 1.807) is 54.6 Å². The number of amides is 1. The van der Waals surface area contributed by atoms with Crippen LogP contribution < -0.4 is 19.2 Å². The summed E-state index contributed by atoms with van der Waals surface area (Å²) in [6.45, 7) is 3.65. The topological polar surface area (TPSA) is 118 Å². The van der Waals surface area contributed by atoms with E-state index in [2.05, 4.69) is 10.5 Å². The number of aryl methyl sites for hydroxylation is 1. The van der Waals surface area contributed by atoms with Crippen LogP contribution in [0, 0.1) is 6.92 Å². The van der Waals surface area contributed by atoms with Crippen LogP contribution in [0.15, 0.2) is 76.7 Å². The number of hydrazone groups is 1. The molecule has 9 nitrogen and oxygen atoms in total. The number of nitrogens with one attached hydrogen (secondary N) is 1. The van der Waals surface area contributed by atoms with Gasteiger partial charge in [0, 0.05) is 5.56 Å². The van der Waals surface area contributed by atoms with Gasteiger partial charge in [-0.1, -0.05) is 23.8 Å². The number of para-hydroxylation sites is 1. The molecular weight excluding hydrogens is 470 g/mol. The molecule has 0 aliphatic heterocycles. The third kappa shape index (κ3) is 6.30. The molecule has 0 aliphatic rings. The number of anilines is 1. The predicted octanol–water partition coefficient (Wildman–Crippen LogP) is 3.45. The summed E-state index contributed by atoms with van der Waals surface area (Å²) in [5.41, 5.74) is 3.90. The molecule has 0 atom stereocenters. The predicted molar refractivity (Wildman–Crippen MR) is 134 cm³/mol. The second-order valence-electron chi connectivity index (χ2n) is 7.44. The Morgan fingerprint density at radius 1 is 1.09 bits per heavy atom. The molecule has 3 rings (SSSR count). The van der Waals surface area contributed by atoms with Gasteiger partial charge in [0.2, 0.25) is 0 Å². The minimum Gasteiger partial charge on any atom is -0.504 e. The van der Waals surface area contributed by atoms with Crippen molar-refractivity contribution < 1.29 is 27.8 Å². The Balaban J connectivity index is 1.83. The van der Waals surface area contributed by atoms with Gasteiger partial charge in [-0.2, -0.15) is 5.10 Å². The van der Waals surface area contributed by atoms with E-state index in [-0.39, 0.29) is 16.4 Å². The van der Waals surface area contributed by atoms with Crippen LogP contribution in [-0.2, 0) is 14.8 Å². The standard InChI is InChI=1S/C25H27N3O6S/c1-4-34-21-12-14-22(15-13-21)35(31,32)28(20-10-8-18(2)9-11-20)17-24(29)27-26-16-19-6-5-7-23(33-3)25(19)30/h5-16,30H,4,17H2,1-3H3,(H,27,29)/b26-16-. The van der Waals surface area contributed by atoms with Crippen molar-refractivity contribution in [3.05, 3.63) is 77.9 Å². The van der Waals surface area contributed by atoms with E-state index < -0.39 is 22.5 Å². The molecule has 35 heavy (non-hydrogen) atoms. The van der Waals surface area contributed by atoms with Gasteiger partial charge in [0.1, 0.15) is 12.3 Å². The van der Waals surface area contributed by atoms with E-state index >= 15 is 0 Å². The van der Waals surface area contributed by atoms with E-state index in [1.807, 2.05) is 13.8 Å². The SMILES string of the molecule is CCOc1ccc(S(=O)(=O)N(CC(=O)N/N=C\c2cccc(OC)c2O)c2ccc(C)cc2)cc1. The number of sulfonamides is 1. The molecule has 184 valence electrons. The summed E-state index contributed by atoms with van der Waals surface area (Å²) in [6.07, 6.45) is 1.24. The molecule has 0 aliphatic carbocycles. The Bertz CT molecular complexity index is 1290. The number of phenolic OH excluding ortho intramolecular Hbond substituents is 1. The maximum Gasteiger partial charge on any atom is 0.264 e. The molecule has 0 aromatic heterocycles. The zero-order chi connectivity index (χ0) is 25.4. The van der Waals surface area contributed by atoms with Gasteiger partial charge in [0.25, 0.3) is 15.9 Å². The van der Waals surface area contributed by atoms with Gasteiger partial charge in [-0.3, -0.25) is 9.10 Å². The lowest BCUT2D eigenvalue weighted by Crippen LogP contribution is -2.39. The van der Waals surface area contributed by atoms with E-state index in [1.165, 1.54) is 25.5 Å². The number of phenols is 1. The molecule has 0 radical (unpaired) electrons. The van der Waals surface area contributed by atoms with E-state index in [4.69, 9.17) is 9.47 Å². The van der Waals surface area contributed by atoms with Crippen LogP contribution in [-0.4, -0.2) is 45.9 Å². The quantitative estimate of drug-likeness (QED) is 0.327. The van der Waals surface area contributed by atoms with Crippen molar-refractivity contribution in [2.75, 3.05) is 24.6 Å². The lowest BCUT2D eigenvalue weighted by molar-refractivity contribution is -0.119. The summed E-state index contributed by atoms with van der Waals surface area (Å²) >= 11 is 0. The summed E-state index contributed by atoms with van der Waals surface area (Å²) in [6, 6.07) is 17.6. The summed E-state index contributed by atoms with van der Waals surface area (Å²) < 4.78 is 38.3. The van der Waals surface area contributed by atoms with Crippen LogP contribution in [0.1, 0.15) is 18.1 Å². The lowest BCUT2D eigenvalue weighted by atomic mass is 10.2. The molecule has 0 unspecified atom stereocenters. The smallest absolute Gasteiger partial charge is 0.264 e. The monoisotopic (exact) mass is 497 g/mol. The van der Waals surface area contributed by atoms with Crippen LogP contribution in [0.4, 0.5) is 5.69 Å². The number of hydrogen-bond acceptors (Lipinski definition) is 7. The number of rotatable bonds is 10. The molecule has 2 N–H and O–H groups in total. The van der Waals surface area contributed by atoms with Crippen molar-refractivity contribution in [2.45, 2.75) is 18.7 Å². The zero-order valence-corrected chi connectivity index (χ0v) is 20.5. The highest BCUT2D eigenvalue weighted by molar-refractivity contribution is 7.92. The third-order valence-corrected chi connectivity index (χ3v) is 6.76. The first-order chi connectivity index (χ1) is 16.8. The largest absolute Gasteiger partial charge is 0.504 e. The van der Waals surface area contributed by atoms with Gasteiger partial charge in [-0.05, 0) is 62.4 Å². The summed E-state index contributed by atoms with van der Waals surface area (Å²) in [5.74, 6) is -0.000404. The van der Waals surface area contributed by atoms with Crippen LogP contribution in [0.3, 0.4) is 0 Å². The highest BCUT2D eigenvalue weighted by Gasteiger charge is 2.27. The highest BCUT2D eigenvalue weighted by atomic mass is 32.2. The summed E-state index contributed by atoms with van der Waals surface area (Å²) in [5, 5.41) is 14.0. The second kappa shape index (κ2) is 11.4. The highest BCUT2D eigenvalue weighted by Crippen LogP contribution is 2.28. The molecule has 0 spiro atoms. The maximum absolute atomic E-state index is 13.5. The second-order valence-corrected chi connectivity index (χ2v) is 9.31. The fourth-order valence-electron chi connectivity index (χ4n) is 3.18. The van der Waals surface area contributed by atoms with Crippen molar-refractivity contribution >= 4 is 27.8 Å². The van der Waals surface area contributed by atoms with Crippen molar-refractivity contribution in [1.82, 2.24) is 5.43 Å². The van der Waals surface area contributed by atoms with Gasteiger partial charge in [-0.25, -0.2) is 13.8 Å². The Kier molecular flexibility index (Phi) is 8.32. The number of aromatic hydroxyl groups is 1. The Hall–Kier alpha value is -4.05. The molecular formula is C25H27N3O6S. The zero-order valence-electron chi connectivity index (χ0n) is 19.6. The van der Waals surface area contributed by atoms with E-state index in [0.717, 1.165) is 9.87 Å². The molecule has 0 saturated carbocycles. The van der Waals surface area contributed by atoms with Gasteiger partial charge in [0.05, 0.1) is 30.5 Å². The average Bonchev–Trinajstić information content (AvgIpc) is 2.85. The molecule has 3 aromatic carbocycles. The third-order valence-electron chi connectivity index (χ3n) is 4.97. The molecule has 0 fully saturated rings. The van der Waals surface area contributed by atoms with Crippen LogP contribution in [0.2, 0.25) is 0 Å². The Morgan fingerprint density at radius 3 is 2.40 bits per heavy atom. The van der Waals surface area contributed by atoms with Gasteiger partial charge >= 0.3 is 0 Å². The molecule has 0 heterocycles. The number of ether oxygens (including phenoxy) is 2. The van der Waals surface area contributed by atoms with E-state index in [9.17, 15) is 18.3 Å². The van der Waals surface area contributed by atoms with Crippen LogP contribution >= 0.6 is 0 Å². The number of carbonyl (C=O) groups excluding carboxylic acids is 1. The first-order valence-electron chi connectivity index (χ1n) is 10.8. The van der Waals surface area contributed by atoms with Crippen molar-refractivity contribution in [3.63, 3.8) is 0 Å². The fourth-order valence-corrected chi connectivity index (χ4v) is 4.60. The lowest BCUT2D eigenvalue weighted by Gasteiger charge is -2.24. The van der Waals surface area contributed by atoms with Gasteiger partial charge < -0.3 is 14.6 Å². The first kappa shape index (κ1) is 25.6. The fraction of sp³-hybridized carbons (Fsp3) is 0.200. The van der Waals surface area contributed by atoms with Crippen molar-refractivity contribution in [1.29, 1.82) is 0 Å². The van der Waals surface area contributed by atoms with Gasteiger partial charge in [0.15, 0.2) is 11.5 Å². The van der Waals surface area contributed by atoms with Crippen molar-refractivity contribution in [2.24, 2.45) is 5.10 Å². The average molecular weight is 498 g/mol. The summed E-state index contributed by atoms with van der Waals surface area (Å²) in [4.78, 5) is 12.7. The molecule has 0 saturated heterocycles.